The molecule has 1 heterocycles. The van der Waals surface area contributed by atoms with Gasteiger partial charge in [0, 0.05) is 22.8 Å². The maximum absolute atomic E-state index is 12.8. The van der Waals surface area contributed by atoms with E-state index in [1.54, 1.807) is 25.1 Å². The number of amides is 2. The number of carbonyl (C=O) groups excluding carboxylic acids is 2. The number of imide groups is 1. The third-order valence-electron chi connectivity index (χ3n) is 4.33. The highest BCUT2D eigenvalue weighted by Crippen LogP contribution is 2.35. The minimum absolute atomic E-state index is 0.230. The third-order valence-corrected chi connectivity index (χ3v) is 4.87. The van der Waals surface area contributed by atoms with E-state index in [9.17, 15) is 9.59 Å². The standard InChI is InChI=1S/C20H18Cl2N2O2/c1-4-24-19(25)17(14-7-6-13(21)10-15(14)22)18(20(24)26)23-16-8-5-11(2)9-12(16)3/h5-10,23H,4H2,1-3H3. The lowest BCUT2D eigenvalue weighted by Gasteiger charge is -2.13. The molecule has 2 aromatic carbocycles. The van der Waals surface area contributed by atoms with Crippen molar-refractivity contribution < 1.29 is 9.59 Å². The Hall–Kier alpha value is -2.30. The van der Waals surface area contributed by atoms with E-state index in [0.717, 1.165) is 16.8 Å². The van der Waals surface area contributed by atoms with Crippen LogP contribution in [0.5, 0.6) is 0 Å². The number of benzene rings is 2. The van der Waals surface area contributed by atoms with E-state index < -0.39 is 0 Å². The Morgan fingerprint density at radius 2 is 1.73 bits per heavy atom. The average Bonchev–Trinajstić information content (AvgIpc) is 2.80. The second-order valence-electron chi connectivity index (χ2n) is 6.17. The van der Waals surface area contributed by atoms with Crippen LogP contribution in [0.25, 0.3) is 5.57 Å². The van der Waals surface area contributed by atoms with Crippen molar-refractivity contribution in [2.24, 2.45) is 0 Å². The zero-order valence-electron chi connectivity index (χ0n) is 14.7. The first-order valence-corrected chi connectivity index (χ1v) is 8.99. The Morgan fingerprint density at radius 1 is 1.00 bits per heavy atom. The highest BCUT2D eigenvalue weighted by atomic mass is 35.5. The fourth-order valence-electron chi connectivity index (χ4n) is 3.01. The molecule has 1 aliphatic rings. The first-order valence-electron chi connectivity index (χ1n) is 8.23. The largest absolute Gasteiger partial charge is 0.350 e. The predicted octanol–water partition coefficient (Wildman–Crippen LogP) is 4.82. The van der Waals surface area contributed by atoms with Gasteiger partial charge in [-0.15, -0.1) is 0 Å². The molecule has 0 aromatic heterocycles. The van der Waals surface area contributed by atoms with E-state index in [0.29, 0.717) is 15.6 Å². The van der Waals surface area contributed by atoms with Gasteiger partial charge in [0.15, 0.2) is 0 Å². The number of hydrogen-bond donors (Lipinski definition) is 1. The van der Waals surface area contributed by atoms with Crippen LogP contribution < -0.4 is 5.32 Å². The van der Waals surface area contributed by atoms with E-state index in [-0.39, 0.29) is 29.6 Å². The summed E-state index contributed by atoms with van der Waals surface area (Å²) in [7, 11) is 0. The SMILES string of the molecule is CCN1C(=O)C(Nc2ccc(C)cc2C)=C(c2ccc(Cl)cc2Cl)C1=O. The lowest BCUT2D eigenvalue weighted by molar-refractivity contribution is -0.136. The number of hydrogen-bond acceptors (Lipinski definition) is 3. The molecule has 0 saturated heterocycles. The van der Waals surface area contributed by atoms with Crippen molar-refractivity contribution >= 4 is 46.3 Å². The number of carbonyl (C=O) groups is 2. The summed E-state index contributed by atoms with van der Waals surface area (Å²) >= 11 is 12.3. The van der Waals surface area contributed by atoms with Gasteiger partial charge in [0.05, 0.1) is 10.6 Å². The van der Waals surface area contributed by atoms with E-state index in [4.69, 9.17) is 23.2 Å². The zero-order chi connectivity index (χ0) is 19.0. The van der Waals surface area contributed by atoms with E-state index in [1.807, 2.05) is 32.0 Å². The molecule has 2 aromatic rings. The topological polar surface area (TPSA) is 49.4 Å². The van der Waals surface area contributed by atoms with Crippen LogP contribution in [-0.2, 0) is 9.59 Å². The first-order chi connectivity index (χ1) is 12.3. The van der Waals surface area contributed by atoms with Crippen LogP contribution in [-0.4, -0.2) is 23.3 Å². The molecule has 134 valence electrons. The predicted molar refractivity (Wildman–Crippen MR) is 105 cm³/mol. The number of aryl methyl sites for hydroxylation is 2. The van der Waals surface area contributed by atoms with Gasteiger partial charge in [0.1, 0.15) is 5.70 Å². The lowest BCUT2D eigenvalue weighted by Crippen LogP contribution is -2.32. The molecule has 6 heteroatoms. The van der Waals surface area contributed by atoms with Gasteiger partial charge in [-0.3, -0.25) is 14.5 Å². The molecular formula is C20H18Cl2N2O2. The number of halogens is 2. The van der Waals surface area contributed by atoms with Crippen molar-refractivity contribution in [1.29, 1.82) is 0 Å². The molecule has 1 N–H and O–H groups in total. The molecule has 0 radical (unpaired) electrons. The number of anilines is 1. The van der Waals surface area contributed by atoms with Crippen molar-refractivity contribution in [3.63, 3.8) is 0 Å². The van der Waals surface area contributed by atoms with Crippen LogP contribution in [0.3, 0.4) is 0 Å². The summed E-state index contributed by atoms with van der Waals surface area (Å²) in [5.41, 5.74) is 3.85. The molecule has 1 aliphatic heterocycles. The van der Waals surface area contributed by atoms with Gasteiger partial charge in [0.2, 0.25) is 0 Å². The van der Waals surface area contributed by atoms with Crippen LogP contribution in [0.4, 0.5) is 5.69 Å². The van der Waals surface area contributed by atoms with Crippen molar-refractivity contribution in [1.82, 2.24) is 4.90 Å². The molecule has 0 bridgehead atoms. The van der Waals surface area contributed by atoms with Gasteiger partial charge >= 0.3 is 0 Å². The fraction of sp³-hybridized carbons (Fsp3) is 0.200. The molecule has 2 amide bonds. The normalized spacial score (nSPS) is 14.4. The maximum Gasteiger partial charge on any atom is 0.278 e. The minimum atomic E-state index is -0.367. The molecule has 0 unspecified atom stereocenters. The van der Waals surface area contributed by atoms with Gasteiger partial charge in [-0.05, 0) is 44.5 Å². The van der Waals surface area contributed by atoms with Gasteiger partial charge < -0.3 is 5.32 Å². The van der Waals surface area contributed by atoms with Gasteiger partial charge in [0.25, 0.3) is 11.8 Å². The van der Waals surface area contributed by atoms with Crippen molar-refractivity contribution in [3.8, 4) is 0 Å². The Kier molecular flexibility index (Phi) is 5.08. The summed E-state index contributed by atoms with van der Waals surface area (Å²) in [6, 6.07) is 10.7. The number of nitrogens with one attached hydrogen (secondary N) is 1. The number of likely N-dealkylation sites (N-methyl/N-ethyl adjacent to an activating group) is 1. The summed E-state index contributed by atoms with van der Waals surface area (Å²) in [6.45, 7) is 5.99. The van der Waals surface area contributed by atoms with Gasteiger partial charge in [-0.25, -0.2) is 0 Å². The molecule has 0 saturated carbocycles. The van der Waals surface area contributed by atoms with Crippen LogP contribution in [0.2, 0.25) is 10.0 Å². The molecule has 3 rings (SSSR count). The van der Waals surface area contributed by atoms with E-state index >= 15 is 0 Å². The van der Waals surface area contributed by atoms with Crippen molar-refractivity contribution in [2.75, 3.05) is 11.9 Å². The quantitative estimate of drug-likeness (QED) is 0.763. The van der Waals surface area contributed by atoms with Crippen LogP contribution in [0.15, 0.2) is 42.1 Å². The Morgan fingerprint density at radius 3 is 2.35 bits per heavy atom. The van der Waals surface area contributed by atoms with Crippen LogP contribution in [0, 0.1) is 13.8 Å². The monoisotopic (exact) mass is 388 g/mol. The Labute approximate surface area is 162 Å². The van der Waals surface area contributed by atoms with Gasteiger partial charge in [-0.1, -0.05) is 47.0 Å². The minimum Gasteiger partial charge on any atom is -0.350 e. The second kappa shape index (κ2) is 7.14. The van der Waals surface area contributed by atoms with Crippen LogP contribution in [0.1, 0.15) is 23.6 Å². The van der Waals surface area contributed by atoms with E-state index in [2.05, 4.69) is 5.32 Å². The maximum atomic E-state index is 12.8. The summed E-state index contributed by atoms with van der Waals surface area (Å²) in [4.78, 5) is 26.8. The number of nitrogens with zero attached hydrogens (tertiary/aromatic N) is 1. The smallest absolute Gasteiger partial charge is 0.278 e. The first kappa shape index (κ1) is 18.5. The summed E-state index contributed by atoms with van der Waals surface area (Å²) in [6.07, 6.45) is 0. The van der Waals surface area contributed by atoms with Gasteiger partial charge in [-0.2, -0.15) is 0 Å². The Bertz CT molecular complexity index is 951. The zero-order valence-corrected chi connectivity index (χ0v) is 16.2. The highest BCUT2D eigenvalue weighted by molar-refractivity contribution is 6.41. The average molecular weight is 389 g/mol. The molecule has 4 nitrogen and oxygen atoms in total. The summed E-state index contributed by atoms with van der Waals surface area (Å²) < 4.78 is 0. The molecule has 0 aliphatic carbocycles. The second-order valence-corrected chi connectivity index (χ2v) is 7.02. The molecule has 0 spiro atoms. The number of rotatable bonds is 4. The molecule has 0 fully saturated rings. The molecule has 26 heavy (non-hydrogen) atoms. The molecule has 0 atom stereocenters. The summed E-state index contributed by atoms with van der Waals surface area (Å²) in [5.74, 6) is -0.729. The lowest BCUT2D eigenvalue weighted by atomic mass is 10.0. The van der Waals surface area contributed by atoms with Crippen LogP contribution >= 0.6 is 23.2 Å². The van der Waals surface area contributed by atoms with E-state index in [1.165, 1.54) is 4.90 Å². The summed E-state index contributed by atoms with van der Waals surface area (Å²) in [5, 5.41) is 3.94. The van der Waals surface area contributed by atoms with Crippen molar-refractivity contribution in [3.05, 3.63) is 68.8 Å². The van der Waals surface area contributed by atoms with Crippen molar-refractivity contribution in [2.45, 2.75) is 20.8 Å². The fourth-order valence-corrected chi connectivity index (χ4v) is 3.51. The highest BCUT2D eigenvalue weighted by Gasteiger charge is 2.39. The Balaban J connectivity index is 2.15. The third kappa shape index (κ3) is 3.22. The molecular weight excluding hydrogens is 371 g/mol.